The lowest BCUT2D eigenvalue weighted by atomic mass is 10.0. The first-order valence-electron chi connectivity index (χ1n) is 10.7. The first-order chi connectivity index (χ1) is 15.5. The summed E-state index contributed by atoms with van der Waals surface area (Å²) >= 11 is 0. The maximum atomic E-state index is 13.6. The second kappa shape index (κ2) is 9.46. The van der Waals surface area contributed by atoms with Gasteiger partial charge in [-0.1, -0.05) is 35.9 Å². The van der Waals surface area contributed by atoms with Crippen molar-refractivity contribution in [3.63, 3.8) is 0 Å². The van der Waals surface area contributed by atoms with Crippen molar-refractivity contribution in [3.05, 3.63) is 99.7 Å². The van der Waals surface area contributed by atoms with E-state index in [-0.39, 0.29) is 24.1 Å². The van der Waals surface area contributed by atoms with Crippen LogP contribution in [0.4, 0.5) is 4.39 Å². The molecule has 32 heavy (non-hydrogen) atoms. The molecule has 2 aromatic carbocycles. The van der Waals surface area contributed by atoms with Gasteiger partial charge in [-0.2, -0.15) is 0 Å². The monoisotopic (exact) mass is 435 g/mol. The normalized spacial score (nSPS) is 15.5. The molecular formula is C25H26FN3O3. The number of nitrogens with zero attached hydrogens (tertiary/aromatic N) is 3. The molecule has 0 radical (unpaired) electrons. The molecule has 1 aliphatic rings. The smallest absolute Gasteiger partial charge is 0.255 e. The molecule has 0 spiro atoms. The molecule has 1 N–H and O–H groups in total. The quantitative estimate of drug-likeness (QED) is 0.669. The maximum Gasteiger partial charge on any atom is 0.255 e. The first-order valence-corrected chi connectivity index (χ1v) is 10.7. The third-order valence-corrected chi connectivity index (χ3v) is 5.89. The van der Waals surface area contributed by atoms with Crippen molar-refractivity contribution in [1.29, 1.82) is 0 Å². The van der Waals surface area contributed by atoms with Crippen molar-refractivity contribution < 1.29 is 14.3 Å². The summed E-state index contributed by atoms with van der Waals surface area (Å²) in [4.78, 5) is 29.3. The Balaban J connectivity index is 1.48. The van der Waals surface area contributed by atoms with Gasteiger partial charge in [0.05, 0.1) is 23.9 Å². The molecule has 1 fully saturated rings. The molecule has 0 aliphatic carbocycles. The highest BCUT2D eigenvalue weighted by Gasteiger charge is 2.27. The molecule has 1 aliphatic heterocycles. The Morgan fingerprint density at radius 1 is 1.03 bits per heavy atom. The number of piperazine rings is 1. The summed E-state index contributed by atoms with van der Waals surface area (Å²) in [5, 5.41) is 9.98. The Labute approximate surface area is 186 Å². The third-order valence-electron chi connectivity index (χ3n) is 5.89. The van der Waals surface area contributed by atoms with Crippen LogP contribution in [0.5, 0.6) is 0 Å². The number of aromatic nitrogens is 1. The summed E-state index contributed by atoms with van der Waals surface area (Å²) in [6.45, 7) is 4.33. The van der Waals surface area contributed by atoms with Gasteiger partial charge in [-0.25, -0.2) is 4.39 Å². The highest BCUT2D eigenvalue weighted by atomic mass is 19.1. The van der Waals surface area contributed by atoms with Gasteiger partial charge in [-0.3, -0.25) is 19.1 Å². The molecule has 1 unspecified atom stereocenters. The van der Waals surface area contributed by atoms with Crippen molar-refractivity contribution in [1.82, 2.24) is 14.4 Å². The minimum absolute atomic E-state index is 0.00992. The predicted molar refractivity (Wildman–Crippen MR) is 120 cm³/mol. The number of halogens is 1. The van der Waals surface area contributed by atoms with E-state index < -0.39 is 5.82 Å². The number of hydrogen-bond donors (Lipinski definition) is 1. The Hall–Kier alpha value is -3.29. The van der Waals surface area contributed by atoms with Crippen LogP contribution in [0.2, 0.25) is 0 Å². The lowest BCUT2D eigenvalue weighted by Crippen LogP contribution is -2.50. The lowest BCUT2D eigenvalue weighted by Gasteiger charge is -2.39. The Bertz CT molecular complexity index is 1170. The van der Waals surface area contributed by atoms with E-state index in [1.54, 1.807) is 11.0 Å². The van der Waals surface area contributed by atoms with Crippen LogP contribution in [0.25, 0.3) is 5.69 Å². The highest BCUT2D eigenvalue weighted by molar-refractivity contribution is 5.94. The second-order valence-corrected chi connectivity index (χ2v) is 8.05. The molecule has 1 amide bonds. The Morgan fingerprint density at radius 2 is 1.78 bits per heavy atom. The van der Waals surface area contributed by atoms with Gasteiger partial charge in [0, 0.05) is 38.4 Å². The number of aliphatic hydroxyl groups excluding tert-OH is 1. The molecule has 0 saturated carbocycles. The SMILES string of the molecule is Cc1cccc(C(CO)N2CCN(C(=O)c3ccc(=O)n(-c4cccc(F)c4)c3)CC2)c1. The molecule has 7 heteroatoms. The van der Waals surface area contributed by atoms with Crippen LogP contribution in [0.15, 0.2) is 71.7 Å². The highest BCUT2D eigenvalue weighted by Crippen LogP contribution is 2.23. The molecule has 0 bridgehead atoms. The maximum absolute atomic E-state index is 13.6. The molecule has 4 rings (SSSR count). The van der Waals surface area contributed by atoms with Crippen LogP contribution in [0.1, 0.15) is 27.5 Å². The third kappa shape index (κ3) is 4.64. The van der Waals surface area contributed by atoms with Crippen LogP contribution in [0.3, 0.4) is 0 Å². The topological polar surface area (TPSA) is 65.8 Å². The van der Waals surface area contributed by atoms with E-state index in [2.05, 4.69) is 11.0 Å². The average Bonchev–Trinajstić information content (AvgIpc) is 2.80. The van der Waals surface area contributed by atoms with E-state index in [0.717, 1.165) is 11.1 Å². The van der Waals surface area contributed by atoms with Crippen LogP contribution in [0, 0.1) is 12.7 Å². The van der Waals surface area contributed by atoms with Gasteiger partial charge in [0.1, 0.15) is 5.82 Å². The summed E-state index contributed by atoms with van der Waals surface area (Å²) in [5.41, 5.74) is 2.62. The van der Waals surface area contributed by atoms with Crippen molar-refractivity contribution in [2.24, 2.45) is 0 Å². The minimum atomic E-state index is -0.450. The number of amides is 1. The number of hydrogen-bond acceptors (Lipinski definition) is 4. The summed E-state index contributed by atoms with van der Waals surface area (Å²) in [7, 11) is 0. The largest absolute Gasteiger partial charge is 0.394 e. The number of benzene rings is 2. The van der Waals surface area contributed by atoms with Crippen LogP contribution in [-0.2, 0) is 0 Å². The van der Waals surface area contributed by atoms with Gasteiger partial charge in [0.25, 0.3) is 11.5 Å². The standard InChI is InChI=1S/C25H26FN3O3/c1-18-4-2-5-19(14-18)23(17-30)27-10-12-28(13-11-27)25(32)20-8-9-24(31)29(16-20)22-7-3-6-21(26)15-22/h2-9,14-16,23,30H,10-13,17H2,1H3. The van der Waals surface area contributed by atoms with Crippen LogP contribution >= 0.6 is 0 Å². The number of rotatable bonds is 5. The summed E-state index contributed by atoms with van der Waals surface area (Å²) in [6, 6.07) is 16.5. The number of aliphatic hydroxyl groups is 1. The minimum Gasteiger partial charge on any atom is -0.394 e. The van der Waals surface area contributed by atoms with Crippen LogP contribution in [-0.4, -0.2) is 58.2 Å². The number of carbonyl (C=O) groups is 1. The molecule has 1 saturated heterocycles. The van der Waals surface area contributed by atoms with Gasteiger partial charge < -0.3 is 10.0 Å². The summed E-state index contributed by atoms with van der Waals surface area (Å²) in [5.74, 6) is -0.625. The molecule has 2 heterocycles. The van der Waals surface area contributed by atoms with E-state index in [1.807, 2.05) is 25.1 Å². The van der Waals surface area contributed by atoms with Crippen molar-refractivity contribution in [2.45, 2.75) is 13.0 Å². The van der Waals surface area contributed by atoms with E-state index in [4.69, 9.17) is 0 Å². The Morgan fingerprint density at radius 3 is 2.47 bits per heavy atom. The fourth-order valence-corrected chi connectivity index (χ4v) is 4.17. The van der Waals surface area contributed by atoms with Gasteiger partial charge in [-0.05, 0) is 36.8 Å². The van der Waals surface area contributed by atoms with Gasteiger partial charge in [0.15, 0.2) is 0 Å². The molecule has 3 aromatic rings. The molecular weight excluding hydrogens is 409 g/mol. The number of aryl methyl sites for hydroxylation is 1. The van der Waals surface area contributed by atoms with Crippen molar-refractivity contribution >= 4 is 5.91 Å². The Kier molecular flexibility index (Phi) is 6.48. The molecule has 6 nitrogen and oxygen atoms in total. The van der Waals surface area contributed by atoms with Crippen molar-refractivity contribution in [2.75, 3.05) is 32.8 Å². The zero-order chi connectivity index (χ0) is 22.7. The lowest BCUT2D eigenvalue weighted by molar-refractivity contribution is 0.0477. The average molecular weight is 435 g/mol. The first kappa shape index (κ1) is 21.9. The number of carbonyl (C=O) groups excluding carboxylic acids is 1. The second-order valence-electron chi connectivity index (χ2n) is 8.05. The van der Waals surface area contributed by atoms with Gasteiger partial charge in [-0.15, -0.1) is 0 Å². The van der Waals surface area contributed by atoms with E-state index in [1.165, 1.54) is 41.1 Å². The van der Waals surface area contributed by atoms with Crippen LogP contribution < -0.4 is 5.56 Å². The van der Waals surface area contributed by atoms with E-state index in [0.29, 0.717) is 37.4 Å². The van der Waals surface area contributed by atoms with E-state index in [9.17, 15) is 19.1 Å². The zero-order valence-electron chi connectivity index (χ0n) is 17.9. The summed E-state index contributed by atoms with van der Waals surface area (Å²) in [6.07, 6.45) is 1.47. The molecule has 1 aromatic heterocycles. The van der Waals surface area contributed by atoms with Gasteiger partial charge >= 0.3 is 0 Å². The van der Waals surface area contributed by atoms with E-state index >= 15 is 0 Å². The fraction of sp³-hybridized carbons (Fsp3) is 0.280. The molecule has 1 atom stereocenters. The molecule has 166 valence electrons. The fourth-order valence-electron chi connectivity index (χ4n) is 4.17. The summed E-state index contributed by atoms with van der Waals surface area (Å²) < 4.78 is 14.9. The number of pyridine rings is 1. The van der Waals surface area contributed by atoms with Gasteiger partial charge in [0.2, 0.25) is 0 Å². The van der Waals surface area contributed by atoms with Crippen molar-refractivity contribution in [3.8, 4) is 5.69 Å². The zero-order valence-corrected chi connectivity index (χ0v) is 17.9. The predicted octanol–water partition coefficient (Wildman–Crippen LogP) is 2.78.